The lowest BCUT2D eigenvalue weighted by atomic mass is 9.65. The molecule has 1 fully saturated rings. The normalized spacial score (nSPS) is 18.7. The maximum Gasteiger partial charge on any atom is 0.243 e. The molecule has 12 heteroatoms. The molecule has 1 aliphatic heterocycles. The molecule has 0 N–H and O–H groups in total. The number of sulfonamides is 1. The summed E-state index contributed by atoms with van der Waals surface area (Å²) in [4.78, 5) is 17.9. The predicted molar refractivity (Wildman–Crippen MR) is 145 cm³/mol. The fraction of sp³-hybridized carbons (Fsp3) is 0.233. The number of pyridine rings is 1. The van der Waals surface area contributed by atoms with Crippen molar-refractivity contribution in [2.24, 2.45) is 5.41 Å². The number of aryl methyl sites for hydroxylation is 1. The first-order valence-electron chi connectivity index (χ1n) is 13.2. The van der Waals surface area contributed by atoms with Crippen LogP contribution in [-0.2, 0) is 22.9 Å². The number of ketones is 1. The third-order valence-corrected chi connectivity index (χ3v) is 9.77. The minimum absolute atomic E-state index is 0.0738. The highest BCUT2D eigenvalue weighted by Crippen LogP contribution is 2.47. The van der Waals surface area contributed by atoms with Gasteiger partial charge in [-0.25, -0.2) is 30.7 Å². The van der Waals surface area contributed by atoms with Crippen molar-refractivity contribution < 1.29 is 30.8 Å². The average molecular weight is 597 g/mol. The summed E-state index contributed by atoms with van der Waals surface area (Å²) >= 11 is 0. The van der Waals surface area contributed by atoms with Crippen LogP contribution in [0.3, 0.4) is 0 Å². The molecule has 2 aromatic heterocycles. The van der Waals surface area contributed by atoms with Gasteiger partial charge in [0.05, 0.1) is 27.9 Å². The largest absolute Gasteiger partial charge is 0.291 e. The minimum Gasteiger partial charge on any atom is -0.291 e. The first-order valence-corrected chi connectivity index (χ1v) is 14.7. The molecule has 0 saturated carbocycles. The predicted octanol–water partition coefficient (Wildman–Crippen LogP) is 5.29. The molecule has 0 spiro atoms. The van der Waals surface area contributed by atoms with Crippen LogP contribution >= 0.6 is 0 Å². The number of fused-ring (bicyclic) bond motifs is 2. The van der Waals surface area contributed by atoms with Gasteiger partial charge in [-0.05, 0) is 85.0 Å². The van der Waals surface area contributed by atoms with E-state index in [-0.39, 0.29) is 31.6 Å². The summed E-state index contributed by atoms with van der Waals surface area (Å²) in [7, 11) is -4.53. The van der Waals surface area contributed by atoms with E-state index >= 15 is 0 Å². The molecule has 3 heterocycles. The van der Waals surface area contributed by atoms with Gasteiger partial charge in [0, 0.05) is 19.3 Å². The number of aromatic nitrogens is 3. The summed E-state index contributed by atoms with van der Waals surface area (Å²) in [6, 6.07) is 10.1. The van der Waals surface area contributed by atoms with Crippen LogP contribution in [0.15, 0.2) is 71.4 Å². The molecule has 1 atom stereocenters. The highest BCUT2D eigenvalue weighted by atomic mass is 32.2. The van der Waals surface area contributed by atoms with Crippen LogP contribution in [0.25, 0.3) is 11.8 Å². The smallest absolute Gasteiger partial charge is 0.243 e. The third-order valence-electron chi connectivity index (χ3n) is 7.95. The minimum atomic E-state index is -4.53. The van der Waals surface area contributed by atoms with Crippen molar-refractivity contribution in [1.29, 1.82) is 0 Å². The van der Waals surface area contributed by atoms with Gasteiger partial charge in [-0.1, -0.05) is 12.5 Å². The van der Waals surface area contributed by atoms with Gasteiger partial charge in [0.2, 0.25) is 10.0 Å². The van der Waals surface area contributed by atoms with Crippen molar-refractivity contribution in [3.8, 4) is 5.69 Å². The second kappa shape index (κ2) is 10.3. The van der Waals surface area contributed by atoms with Gasteiger partial charge in [0.25, 0.3) is 0 Å². The Morgan fingerprint density at radius 2 is 1.74 bits per heavy atom. The number of piperidine rings is 1. The third kappa shape index (κ3) is 4.54. The Hall–Kier alpha value is -4.16. The summed E-state index contributed by atoms with van der Waals surface area (Å²) in [6.45, 7) is 1.51. The lowest BCUT2D eigenvalue weighted by Crippen LogP contribution is -2.53. The van der Waals surface area contributed by atoms with Gasteiger partial charge in [-0.15, -0.1) is 0 Å². The summed E-state index contributed by atoms with van der Waals surface area (Å²) in [5.74, 6) is -5.84. The van der Waals surface area contributed by atoms with E-state index in [0.29, 0.717) is 41.1 Å². The Morgan fingerprint density at radius 1 is 1.02 bits per heavy atom. The zero-order valence-corrected chi connectivity index (χ0v) is 23.1. The summed E-state index contributed by atoms with van der Waals surface area (Å²) in [5.41, 5.74) is 2.21. The molecule has 2 aliphatic rings. The van der Waals surface area contributed by atoms with E-state index in [4.69, 9.17) is 0 Å². The van der Waals surface area contributed by atoms with Crippen molar-refractivity contribution in [3.63, 3.8) is 0 Å². The van der Waals surface area contributed by atoms with Gasteiger partial charge in [-0.3, -0.25) is 9.78 Å². The Kier molecular flexibility index (Phi) is 6.85. The zero-order chi connectivity index (χ0) is 29.8. The molecule has 42 heavy (non-hydrogen) atoms. The number of benzene rings is 2. The Morgan fingerprint density at radius 3 is 2.43 bits per heavy atom. The second-order valence-corrected chi connectivity index (χ2v) is 12.3. The number of nitrogens with zero attached hydrogens (tertiary/aromatic N) is 4. The van der Waals surface area contributed by atoms with Crippen molar-refractivity contribution in [2.45, 2.75) is 31.1 Å². The lowest BCUT2D eigenvalue weighted by Gasteiger charge is -2.44. The van der Waals surface area contributed by atoms with Gasteiger partial charge >= 0.3 is 0 Å². The molecule has 1 aliphatic carbocycles. The monoisotopic (exact) mass is 596 g/mol. The first kappa shape index (κ1) is 28.0. The SMILES string of the molecule is CCc1ccnc(C(=O)[C@]23Cc4cnn(-c5ccc(F)cc5)c4C=C2CCN(S(=O)(=O)c2cc(F)c(F)c(F)c2)C3)c1. The number of carbonyl (C=O) groups is 1. The van der Waals surface area contributed by atoms with Gasteiger partial charge in [0.1, 0.15) is 11.5 Å². The highest BCUT2D eigenvalue weighted by molar-refractivity contribution is 7.89. The quantitative estimate of drug-likeness (QED) is 0.172. The van der Waals surface area contributed by atoms with E-state index in [1.165, 1.54) is 18.3 Å². The van der Waals surface area contributed by atoms with Crippen LogP contribution in [0, 0.1) is 28.7 Å². The molecular formula is C30H24F4N4O3S. The van der Waals surface area contributed by atoms with Crippen molar-refractivity contribution >= 4 is 21.9 Å². The van der Waals surface area contributed by atoms with Crippen molar-refractivity contribution in [2.75, 3.05) is 13.1 Å². The van der Waals surface area contributed by atoms with E-state index in [1.54, 1.807) is 41.2 Å². The average Bonchev–Trinajstić information content (AvgIpc) is 3.40. The number of rotatable bonds is 6. The summed E-state index contributed by atoms with van der Waals surface area (Å²) in [6.07, 6.45) is 5.75. The van der Waals surface area contributed by atoms with E-state index in [9.17, 15) is 30.8 Å². The molecule has 7 nitrogen and oxygen atoms in total. The first-order chi connectivity index (χ1) is 20.0. The van der Waals surface area contributed by atoms with Crippen LogP contribution in [0.2, 0.25) is 0 Å². The lowest BCUT2D eigenvalue weighted by molar-refractivity contribution is 0.0770. The number of halogens is 4. The Bertz CT molecular complexity index is 1850. The van der Waals surface area contributed by atoms with Gasteiger partial charge in [-0.2, -0.15) is 9.40 Å². The molecule has 4 aromatic rings. The van der Waals surface area contributed by atoms with E-state index in [2.05, 4.69) is 10.1 Å². The molecule has 0 unspecified atom stereocenters. The van der Waals surface area contributed by atoms with E-state index in [1.807, 2.05) is 6.92 Å². The highest BCUT2D eigenvalue weighted by Gasteiger charge is 2.51. The van der Waals surface area contributed by atoms with Crippen LogP contribution in [0.4, 0.5) is 17.6 Å². The molecule has 1 saturated heterocycles. The fourth-order valence-corrected chi connectivity index (χ4v) is 7.23. The number of hydrogen-bond acceptors (Lipinski definition) is 5. The molecule has 216 valence electrons. The molecule has 2 aromatic carbocycles. The zero-order valence-electron chi connectivity index (χ0n) is 22.3. The maximum atomic E-state index is 14.3. The number of Topliss-reactive ketones (excluding diaryl/α,β-unsaturated/α-hetero) is 1. The van der Waals surface area contributed by atoms with Crippen LogP contribution in [0.1, 0.15) is 40.7 Å². The molecule has 6 rings (SSSR count). The molecule has 0 amide bonds. The van der Waals surface area contributed by atoms with E-state index < -0.39 is 49.4 Å². The Balaban J connectivity index is 1.46. The molecule has 0 radical (unpaired) electrons. The van der Waals surface area contributed by atoms with Gasteiger partial charge < -0.3 is 0 Å². The maximum absolute atomic E-state index is 14.3. The van der Waals surface area contributed by atoms with Crippen LogP contribution in [0.5, 0.6) is 0 Å². The standard InChI is InChI=1S/C30H24F4N4O3S/c1-2-18-7-9-35-26(11-18)29(39)30-15-19-16-36-38(22-5-3-21(31)4-6-22)27(19)12-20(30)8-10-37(17-30)42(40,41)23-13-24(32)28(34)25(33)14-23/h3-7,9,11-14,16H,2,8,10,15,17H2,1H3/t30-/m0/s1. The number of hydrogen-bond donors (Lipinski definition) is 0. The fourth-order valence-electron chi connectivity index (χ4n) is 5.70. The summed E-state index contributed by atoms with van der Waals surface area (Å²) < 4.78 is 85.1. The topological polar surface area (TPSA) is 85.2 Å². The van der Waals surface area contributed by atoms with Crippen molar-refractivity contribution in [1.82, 2.24) is 19.1 Å². The van der Waals surface area contributed by atoms with Crippen LogP contribution in [-0.4, -0.2) is 46.4 Å². The van der Waals surface area contributed by atoms with E-state index in [0.717, 1.165) is 9.87 Å². The molecule has 0 bridgehead atoms. The van der Waals surface area contributed by atoms with Crippen molar-refractivity contribution in [3.05, 3.63) is 112 Å². The van der Waals surface area contributed by atoms with Gasteiger partial charge in [0.15, 0.2) is 23.2 Å². The second-order valence-electron chi connectivity index (χ2n) is 10.4. The molecular weight excluding hydrogens is 572 g/mol. The van der Waals surface area contributed by atoms with Crippen LogP contribution < -0.4 is 0 Å². The Labute approximate surface area is 239 Å². The number of carbonyl (C=O) groups excluding carboxylic acids is 1. The summed E-state index contributed by atoms with van der Waals surface area (Å²) in [5, 5.41) is 4.46.